The summed E-state index contributed by atoms with van der Waals surface area (Å²) in [5, 5.41) is 3.21. The minimum absolute atomic E-state index is 0.0934. The van der Waals surface area contributed by atoms with Crippen LogP contribution in [-0.2, 0) is 24.5 Å². The number of nitrogens with zero attached hydrogens (tertiary/aromatic N) is 1. The number of thiocarbonyl (C=S) groups is 1. The summed E-state index contributed by atoms with van der Waals surface area (Å²) in [7, 11) is -1.24. The number of fused-ring (bicyclic) bond motifs is 1. The van der Waals surface area contributed by atoms with E-state index in [4.69, 9.17) is 31.2 Å². The van der Waals surface area contributed by atoms with Crippen molar-refractivity contribution in [1.29, 1.82) is 0 Å². The van der Waals surface area contributed by atoms with Crippen molar-refractivity contribution in [2.75, 3.05) is 17.6 Å². The third-order valence-corrected chi connectivity index (χ3v) is 16.9. The molecule has 2 heterocycles. The van der Waals surface area contributed by atoms with Crippen LogP contribution in [0.1, 0.15) is 77.8 Å². The molecule has 0 bridgehead atoms. The summed E-state index contributed by atoms with van der Waals surface area (Å²) in [5.41, 5.74) is 1.18. The van der Waals surface area contributed by atoms with Gasteiger partial charge < -0.3 is 0 Å². The van der Waals surface area contributed by atoms with E-state index in [0.29, 0.717) is 18.3 Å². The normalized spacial score (nSPS) is 17.9. The van der Waals surface area contributed by atoms with E-state index >= 15 is 0 Å². The maximum atomic E-state index is 14.0. The second-order valence-electron chi connectivity index (χ2n) is 15.2. The fourth-order valence-electron chi connectivity index (χ4n) is 6.13. The fourth-order valence-corrected chi connectivity index (χ4v) is 13.0. The second kappa shape index (κ2) is 18.2. The second-order valence-corrected chi connectivity index (χ2v) is 26.8. The van der Waals surface area contributed by atoms with Gasteiger partial charge in [0, 0.05) is 8.07 Å². The summed E-state index contributed by atoms with van der Waals surface area (Å²) in [6, 6.07) is 21.2. The quantitative estimate of drug-likeness (QED) is 0.0320. The summed E-state index contributed by atoms with van der Waals surface area (Å²) >= 11 is 3.50. The molecular formula is C40H57IN2O6SSi. The summed E-state index contributed by atoms with van der Waals surface area (Å²) < 4.78 is 25.5. The van der Waals surface area contributed by atoms with E-state index in [1.54, 1.807) is 0 Å². The first-order valence-corrected chi connectivity index (χ1v) is 26.1. The molecule has 51 heavy (non-hydrogen) atoms. The van der Waals surface area contributed by atoms with E-state index in [1.807, 2.05) is 69.0 Å². The van der Waals surface area contributed by atoms with E-state index in [-0.39, 0.29) is 14.0 Å². The van der Waals surface area contributed by atoms with Crippen molar-refractivity contribution in [3.8, 4) is 0 Å². The molecule has 4 rings (SSSR count). The number of allylic oxidation sites excluding steroid dienone is 2. The maximum absolute atomic E-state index is 14.0. The van der Waals surface area contributed by atoms with Gasteiger partial charge in [0.2, 0.25) is 0 Å². The number of unbranched alkanes of at least 4 members (excludes halogenated alkanes) is 3. The predicted molar refractivity (Wildman–Crippen MR) is 221 cm³/mol. The molecule has 0 aromatic heterocycles. The van der Waals surface area contributed by atoms with Crippen molar-refractivity contribution in [3.63, 3.8) is 0 Å². The van der Waals surface area contributed by atoms with Gasteiger partial charge in [-0.2, -0.15) is 0 Å². The van der Waals surface area contributed by atoms with Crippen LogP contribution < -0.4 is 5.32 Å². The molecular weight excluding hydrogens is 792 g/mol. The fraction of sp³-hybridized carbons (Fsp3) is 0.525. The number of alkyl carbamates (subject to hydrolysis) is 1. The molecule has 2 atom stereocenters. The monoisotopic (exact) mass is 848 g/mol. The number of amides is 1. The minimum atomic E-state index is -2.55. The van der Waals surface area contributed by atoms with E-state index in [2.05, 4.69) is 68.3 Å². The van der Waals surface area contributed by atoms with Crippen molar-refractivity contribution < 1.29 is 28.5 Å². The van der Waals surface area contributed by atoms with E-state index in [9.17, 15) is 9.59 Å². The number of hydrogen-bond donors (Lipinski definition) is 1. The number of hydrogen-bond acceptors (Lipinski definition) is 7. The first-order chi connectivity index (χ1) is 24.2. The van der Waals surface area contributed by atoms with Crippen LogP contribution in [0.15, 0.2) is 84.3 Å². The van der Waals surface area contributed by atoms with Crippen LogP contribution >= 0.6 is 32.0 Å². The van der Waals surface area contributed by atoms with Crippen LogP contribution in [0.25, 0.3) is 0 Å². The molecule has 1 amide bonds. The molecule has 1 saturated heterocycles. The van der Waals surface area contributed by atoms with Crippen molar-refractivity contribution in [2.24, 2.45) is 0 Å². The molecule has 0 aliphatic carbocycles. The molecule has 8 nitrogen and oxygen atoms in total. The molecule has 2 aliphatic heterocycles. The molecule has 0 radical (unpaired) electrons. The Kier molecular flexibility index (Phi) is 14.6. The van der Waals surface area contributed by atoms with Crippen LogP contribution in [0.4, 0.5) is 9.59 Å². The molecule has 0 spiro atoms. The molecule has 1 fully saturated rings. The number of benzene rings is 2. The molecule has 2 aromatic carbocycles. The average Bonchev–Trinajstić information content (AvgIpc) is 3.58. The van der Waals surface area contributed by atoms with Crippen LogP contribution in [0, 0.1) is 0 Å². The Morgan fingerprint density at radius 2 is 1.67 bits per heavy atom. The number of carbonyl (C=O) groups excluding carboxylic acids is 2. The van der Waals surface area contributed by atoms with Gasteiger partial charge in [-0.3, -0.25) is 0 Å². The van der Waals surface area contributed by atoms with Gasteiger partial charge in [0.05, 0.1) is 0 Å². The number of rotatable bonds is 17. The molecule has 1 unspecified atom stereocenters. The van der Waals surface area contributed by atoms with Crippen LogP contribution in [0.3, 0.4) is 0 Å². The zero-order chi connectivity index (χ0) is 37.2. The Balaban J connectivity index is 1.54. The molecule has 11 heteroatoms. The van der Waals surface area contributed by atoms with Crippen LogP contribution in [0.5, 0.6) is 0 Å². The van der Waals surface area contributed by atoms with Crippen molar-refractivity contribution >= 4 is 55.4 Å². The molecule has 2 aromatic rings. The summed E-state index contributed by atoms with van der Waals surface area (Å²) in [6.07, 6.45) is 7.99. The van der Waals surface area contributed by atoms with E-state index < -0.39 is 45.3 Å². The Bertz CT molecular complexity index is 1500. The summed E-state index contributed by atoms with van der Waals surface area (Å²) in [5.74, 6) is 0.731. The van der Waals surface area contributed by atoms with E-state index in [1.165, 1.54) is 0 Å². The molecule has 2 aliphatic rings. The van der Waals surface area contributed by atoms with Gasteiger partial charge in [-0.05, 0) is 6.04 Å². The molecule has 1 N–H and O–H groups in total. The van der Waals surface area contributed by atoms with Crippen molar-refractivity contribution in [1.82, 2.24) is 10.2 Å². The van der Waals surface area contributed by atoms with Gasteiger partial charge in [0.25, 0.3) is 0 Å². The standard InChI is InChI=1S/C40H57IN2O6SSi/c1-9-26-41(36(44)48-39(3,4)5)33(25-19-11-10-12-20-27-42-37(45)46-28-29-51(6,7)8)35-43-34(30(2)47-35)40(49-38(43)50,31-21-15-13-16-22-31)32-23-17-14-18-24-32/h13-19,21-25,33,35H,9-12,20,26-29H2,1-8H3,(H,42,45)/b25-19+/t33-,35?/m1/s1. The Hall–Kier alpha value is -2.90. The van der Waals surface area contributed by atoms with Crippen LogP contribution in [-0.4, -0.2) is 61.6 Å². The Labute approximate surface area is 319 Å². The first kappa shape index (κ1) is 40.9. The van der Waals surface area contributed by atoms with Gasteiger partial charge in [-0.1, -0.05) is 19.6 Å². The van der Waals surface area contributed by atoms with Crippen LogP contribution in [0.2, 0.25) is 25.7 Å². The van der Waals surface area contributed by atoms with Crippen molar-refractivity contribution in [3.05, 3.63) is 95.4 Å². The predicted octanol–water partition coefficient (Wildman–Crippen LogP) is 10.5. The topological polar surface area (TPSA) is 86.3 Å². The number of nitrogens with one attached hydrogen (secondary N) is 1. The summed E-state index contributed by atoms with van der Waals surface area (Å²) in [4.78, 5) is 28.0. The number of ether oxygens (including phenoxy) is 4. The molecule has 0 saturated carbocycles. The molecule has 280 valence electrons. The number of halogens is 1. The van der Waals surface area contributed by atoms with Gasteiger partial charge in [-0.25, -0.2) is 0 Å². The Morgan fingerprint density at radius 3 is 2.24 bits per heavy atom. The number of carbonyl (C=O) groups is 2. The zero-order valence-corrected chi connectivity index (χ0v) is 35.6. The van der Waals surface area contributed by atoms with Gasteiger partial charge in [0.15, 0.2) is 0 Å². The zero-order valence-electron chi connectivity index (χ0n) is 31.6. The van der Waals surface area contributed by atoms with E-state index in [0.717, 1.165) is 65.2 Å². The first-order valence-electron chi connectivity index (χ1n) is 18.1. The summed E-state index contributed by atoms with van der Waals surface area (Å²) in [6.45, 7) is 17.7. The SMILES string of the molecule is CCCI(C(=O)OC(C)(C)C)[C@H](/C=C/CCCCCNC(=O)OCC[Si](C)(C)C)C1OC(C)=C2N1C(=S)OC2(c1ccccc1)c1ccccc1. The number of alkyl halides is 2. The Morgan fingerprint density at radius 1 is 1.04 bits per heavy atom. The third kappa shape index (κ3) is 10.8. The third-order valence-electron chi connectivity index (χ3n) is 8.53. The van der Waals surface area contributed by atoms with Gasteiger partial charge in [0.1, 0.15) is 0 Å². The van der Waals surface area contributed by atoms with Gasteiger partial charge >= 0.3 is 287 Å². The average molecular weight is 849 g/mol. The van der Waals surface area contributed by atoms with Gasteiger partial charge in [-0.15, -0.1) is 0 Å². The van der Waals surface area contributed by atoms with Crippen molar-refractivity contribution in [2.45, 2.75) is 114 Å².